The van der Waals surface area contributed by atoms with E-state index < -0.39 is 0 Å². The van der Waals surface area contributed by atoms with Crippen LogP contribution in [0.15, 0.2) is 72.8 Å². The van der Waals surface area contributed by atoms with Gasteiger partial charge in [-0.2, -0.15) is 0 Å². The van der Waals surface area contributed by atoms with Gasteiger partial charge in [0.25, 0.3) is 0 Å². The smallest absolute Gasteiger partial charge is 0.163 e. The molecular formula is C26H22F2N2O. The molecule has 0 saturated heterocycles. The third-order valence-corrected chi connectivity index (χ3v) is 5.35. The predicted molar refractivity (Wildman–Crippen MR) is 119 cm³/mol. The van der Waals surface area contributed by atoms with Crippen LogP contribution in [0, 0.1) is 18.6 Å². The maximum atomic E-state index is 14.6. The zero-order chi connectivity index (χ0) is 22.0. The van der Waals surface area contributed by atoms with Crippen LogP contribution in [-0.2, 0) is 13.1 Å². The Morgan fingerprint density at radius 1 is 0.839 bits per heavy atom. The van der Waals surface area contributed by atoms with Crippen LogP contribution in [0.25, 0.3) is 10.9 Å². The number of aryl methyl sites for hydroxylation is 1. The van der Waals surface area contributed by atoms with E-state index in [4.69, 9.17) is 0 Å². The average Bonchev–Trinajstić information content (AvgIpc) is 2.75. The van der Waals surface area contributed by atoms with Gasteiger partial charge in [-0.15, -0.1) is 0 Å². The normalized spacial score (nSPS) is 11.0. The lowest BCUT2D eigenvalue weighted by Crippen LogP contribution is -2.26. The van der Waals surface area contributed by atoms with Crippen LogP contribution in [0.2, 0.25) is 0 Å². The Kier molecular flexibility index (Phi) is 5.76. The van der Waals surface area contributed by atoms with E-state index in [9.17, 15) is 13.6 Å². The first-order valence-corrected chi connectivity index (χ1v) is 10.1. The van der Waals surface area contributed by atoms with Crippen molar-refractivity contribution in [1.29, 1.82) is 0 Å². The molecule has 31 heavy (non-hydrogen) atoms. The number of halogens is 2. The summed E-state index contributed by atoms with van der Waals surface area (Å²) >= 11 is 0. The largest absolute Gasteiger partial charge is 0.361 e. The van der Waals surface area contributed by atoms with Gasteiger partial charge in [-0.1, -0.05) is 54.6 Å². The third-order valence-electron chi connectivity index (χ3n) is 5.35. The van der Waals surface area contributed by atoms with Crippen molar-refractivity contribution in [3.05, 3.63) is 107 Å². The SMILES string of the molecule is CC(=O)c1c(C)nc2ccccc2c1N(Cc1ccccc1F)Cc1ccccc1F. The zero-order valence-electron chi connectivity index (χ0n) is 17.4. The standard InChI is InChI=1S/C26H22F2N2O/c1-17-25(18(2)31)26(21-11-5-8-14-24(21)29-17)30(15-19-9-3-6-12-22(19)27)16-20-10-4-7-13-23(20)28/h3-14H,15-16H2,1-2H3. The number of benzene rings is 3. The van der Waals surface area contributed by atoms with Crippen molar-refractivity contribution in [2.75, 3.05) is 4.90 Å². The molecular weight excluding hydrogens is 394 g/mol. The molecule has 0 amide bonds. The number of pyridine rings is 1. The molecule has 0 atom stereocenters. The molecule has 0 radical (unpaired) electrons. The van der Waals surface area contributed by atoms with Gasteiger partial charge in [-0.3, -0.25) is 9.78 Å². The number of Topliss-reactive ketones (excluding diaryl/α,β-unsaturated/α-hetero) is 1. The first-order valence-electron chi connectivity index (χ1n) is 10.1. The number of para-hydroxylation sites is 1. The molecule has 3 nitrogen and oxygen atoms in total. The minimum absolute atomic E-state index is 0.141. The second kappa shape index (κ2) is 8.64. The van der Waals surface area contributed by atoms with Crippen molar-refractivity contribution in [2.45, 2.75) is 26.9 Å². The molecule has 4 rings (SSSR count). The van der Waals surface area contributed by atoms with Crippen LogP contribution in [0.3, 0.4) is 0 Å². The number of carbonyl (C=O) groups is 1. The summed E-state index contributed by atoms with van der Waals surface area (Å²) in [5.74, 6) is -0.834. The van der Waals surface area contributed by atoms with Crippen LogP contribution in [0.4, 0.5) is 14.5 Å². The minimum Gasteiger partial charge on any atom is -0.361 e. The number of ketones is 1. The Morgan fingerprint density at radius 3 is 1.90 bits per heavy atom. The lowest BCUT2D eigenvalue weighted by atomic mass is 10.0. The summed E-state index contributed by atoms with van der Waals surface area (Å²) in [7, 11) is 0. The van der Waals surface area contributed by atoms with E-state index in [0.29, 0.717) is 28.1 Å². The van der Waals surface area contributed by atoms with Gasteiger partial charge >= 0.3 is 0 Å². The van der Waals surface area contributed by atoms with Gasteiger partial charge in [-0.25, -0.2) is 8.78 Å². The van der Waals surface area contributed by atoms with Crippen LogP contribution in [0.5, 0.6) is 0 Å². The van der Waals surface area contributed by atoms with Crippen molar-refractivity contribution in [2.24, 2.45) is 0 Å². The number of carbonyl (C=O) groups excluding carboxylic acids is 1. The number of anilines is 1. The molecule has 5 heteroatoms. The molecule has 0 unspecified atom stereocenters. The van der Waals surface area contributed by atoms with Gasteiger partial charge in [0.2, 0.25) is 0 Å². The minimum atomic E-state index is -0.347. The summed E-state index contributed by atoms with van der Waals surface area (Å²) in [6.45, 7) is 3.63. The van der Waals surface area contributed by atoms with E-state index in [1.54, 1.807) is 43.3 Å². The summed E-state index contributed by atoms with van der Waals surface area (Å²) < 4.78 is 29.1. The molecule has 0 aliphatic rings. The fraction of sp³-hybridized carbons (Fsp3) is 0.154. The molecule has 1 heterocycles. The van der Waals surface area contributed by atoms with Crippen LogP contribution in [-0.4, -0.2) is 10.8 Å². The molecule has 0 spiro atoms. The topological polar surface area (TPSA) is 33.2 Å². The van der Waals surface area contributed by atoms with Gasteiger partial charge in [0, 0.05) is 29.6 Å². The Balaban J connectivity index is 1.96. The van der Waals surface area contributed by atoms with Crippen molar-refractivity contribution in [1.82, 2.24) is 4.98 Å². The Bertz CT molecular complexity index is 1220. The van der Waals surface area contributed by atoms with E-state index in [2.05, 4.69) is 4.98 Å². The number of rotatable bonds is 6. The van der Waals surface area contributed by atoms with Gasteiger partial charge in [-0.05, 0) is 32.0 Å². The fourth-order valence-corrected chi connectivity index (χ4v) is 3.94. The van der Waals surface area contributed by atoms with Crippen LogP contribution >= 0.6 is 0 Å². The van der Waals surface area contributed by atoms with Crippen molar-refractivity contribution in [3.63, 3.8) is 0 Å². The molecule has 0 bridgehead atoms. The molecule has 0 saturated carbocycles. The fourth-order valence-electron chi connectivity index (χ4n) is 3.94. The number of hydrogen-bond acceptors (Lipinski definition) is 3. The number of nitrogens with zero attached hydrogens (tertiary/aromatic N) is 2. The highest BCUT2D eigenvalue weighted by Crippen LogP contribution is 2.34. The molecule has 4 aromatic rings. The molecule has 3 aromatic carbocycles. The lowest BCUT2D eigenvalue weighted by molar-refractivity contribution is 0.101. The first kappa shape index (κ1) is 20.7. The summed E-state index contributed by atoms with van der Waals surface area (Å²) in [5, 5.41) is 0.769. The predicted octanol–water partition coefficient (Wildman–Crippen LogP) is 6.23. The van der Waals surface area contributed by atoms with E-state index in [1.165, 1.54) is 19.1 Å². The Morgan fingerprint density at radius 2 is 1.35 bits per heavy atom. The second-order valence-electron chi connectivity index (χ2n) is 7.53. The molecule has 0 N–H and O–H groups in total. The maximum Gasteiger partial charge on any atom is 0.163 e. The summed E-state index contributed by atoms with van der Waals surface area (Å²) in [6, 6.07) is 20.5. The number of fused-ring (bicyclic) bond motifs is 1. The number of aromatic nitrogens is 1. The van der Waals surface area contributed by atoms with Crippen molar-refractivity contribution >= 4 is 22.4 Å². The van der Waals surface area contributed by atoms with Gasteiger partial charge < -0.3 is 4.90 Å². The van der Waals surface area contributed by atoms with Gasteiger partial charge in [0.1, 0.15) is 11.6 Å². The van der Waals surface area contributed by atoms with Gasteiger partial charge in [0.05, 0.1) is 22.5 Å². The van der Waals surface area contributed by atoms with Crippen molar-refractivity contribution < 1.29 is 13.6 Å². The van der Waals surface area contributed by atoms with Gasteiger partial charge in [0.15, 0.2) is 5.78 Å². The van der Waals surface area contributed by atoms with E-state index in [1.807, 2.05) is 29.2 Å². The summed E-state index contributed by atoms with van der Waals surface area (Å²) in [4.78, 5) is 19.1. The Hall–Kier alpha value is -3.60. The number of hydrogen-bond donors (Lipinski definition) is 0. The highest BCUT2D eigenvalue weighted by molar-refractivity contribution is 6.08. The molecule has 1 aromatic heterocycles. The lowest BCUT2D eigenvalue weighted by Gasteiger charge is -2.29. The van der Waals surface area contributed by atoms with E-state index >= 15 is 0 Å². The van der Waals surface area contributed by atoms with Crippen LogP contribution in [0.1, 0.15) is 34.1 Å². The highest BCUT2D eigenvalue weighted by Gasteiger charge is 2.23. The molecule has 156 valence electrons. The molecule has 0 fully saturated rings. The summed E-state index contributed by atoms with van der Waals surface area (Å²) in [6.07, 6.45) is 0. The third kappa shape index (κ3) is 4.17. The highest BCUT2D eigenvalue weighted by atomic mass is 19.1. The second-order valence-corrected chi connectivity index (χ2v) is 7.53. The van der Waals surface area contributed by atoms with E-state index in [0.717, 1.165) is 10.9 Å². The quantitative estimate of drug-likeness (QED) is 0.349. The zero-order valence-corrected chi connectivity index (χ0v) is 17.4. The average molecular weight is 416 g/mol. The molecule has 0 aliphatic carbocycles. The Labute approximate surface area is 180 Å². The summed E-state index contributed by atoms with van der Waals surface area (Å²) in [5.41, 5.74) is 3.35. The molecule has 0 aliphatic heterocycles. The maximum absolute atomic E-state index is 14.6. The van der Waals surface area contributed by atoms with Crippen molar-refractivity contribution in [3.8, 4) is 0 Å². The monoisotopic (exact) mass is 416 g/mol. The van der Waals surface area contributed by atoms with Crippen LogP contribution < -0.4 is 4.90 Å². The van der Waals surface area contributed by atoms with E-state index in [-0.39, 0.29) is 30.5 Å². The first-order chi connectivity index (χ1) is 15.0.